The zero-order chi connectivity index (χ0) is 19.2. The maximum atomic E-state index is 14.0. The van der Waals surface area contributed by atoms with Crippen molar-refractivity contribution in [2.24, 2.45) is 0 Å². The van der Waals surface area contributed by atoms with E-state index in [2.05, 4.69) is 5.32 Å². The number of nitrogens with one attached hydrogen (secondary N) is 1. The van der Waals surface area contributed by atoms with Gasteiger partial charge in [-0.1, -0.05) is 30.3 Å². The number of likely N-dealkylation sites (N-methyl/N-ethyl adjacent to an activating group) is 1. The highest BCUT2D eigenvalue weighted by molar-refractivity contribution is 5.99. The number of fused-ring (bicyclic) bond motifs is 1. The van der Waals surface area contributed by atoms with Crippen molar-refractivity contribution >= 4 is 23.3 Å². The first kappa shape index (κ1) is 18.9. The van der Waals surface area contributed by atoms with E-state index in [-0.39, 0.29) is 24.2 Å². The number of hydrogen-bond acceptors (Lipinski definition) is 2. The Bertz CT molecular complexity index is 825. The molecule has 3 rings (SSSR count). The fourth-order valence-corrected chi connectivity index (χ4v) is 3.40. The van der Waals surface area contributed by atoms with Gasteiger partial charge >= 0.3 is 6.03 Å². The molecule has 0 unspecified atom stereocenters. The average Bonchev–Trinajstić information content (AvgIpc) is 2.90. The second-order valence-corrected chi connectivity index (χ2v) is 6.49. The lowest BCUT2D eigenvalue weighted by Crippen LogP contribution is -2.46. The third kappa shape index (κ3) is 4.27. The molecule has 3 amide bonds. The maximum Gasteiger partial charge on any atom is 0.322 e. The summed E-state index contributed by atoms with van der Waals surface area (Å²) in [6, 6.07) is 13.7. The van der Waals surface area contributed by atoms with Crippen molar-refractivity contribution in [1.29, 1.82) is 0 Å². The lowest BCUT2D eigenvalue weighted by molar-refractivity contribution is -0.117. The SMILES string of the molecule is CCN(C(=O)CNC(=O)N1CCCCc2ccccc21)c1ccccc1F. The minimum atomic E-state index is -0.458. The van der Waals surface area contributed by atoms with Gasteiger partial charge in [-0.25, -0.2) is 9.18 Å². The molecule has 1 aliphatic rings. The fourth-order valence-electron chi connectivity index (χ4n) is 3.40. The summed E-state index contributed by atoms with van der Waals surface area (Å²) in [7, 11) is 0. The Morgan fingerprint density at radius 2 is 1.85 bits per heavy atom. The Morgan fingerprint density at radius 3 is 2.63 bits per heavy atom. The van der Waals surface area contributed by atoms with E-state index in [0.717, 1.165) is 30.5 Å². The van der Waals surface area contributed by atoms with E-state index >= 15 is 0 Å². The number of benzene rings is 2. The monoisotopic (exact) mass is 369 g/mol. The van der Waals surface area contributed by atoms with Crippen LogP contribution in [0, 0.1) is 5.82 Å². The molecular weight excluding hydrogens is 345 g/mol. The van der Waals surface area contributed by atoms with E-state index in [4.69, 9.17) is 0 Å². The minimum Gasteiger partial charge on any atom is -0.329 e. The zero-order valence-electron chi connectivity index (χ0n) is 15.5. The van der Waals surface area contributed by atoms with Crippen LogP contribution in [0.3, 0.4) is 0 Å². The number of carbonyl (C=O) groups is 2. The van der Waals surface area contributed by atoms with Crippen molar-refractivity contribution in [3.05, 3.63) is 59.9 Å². The molecule has 27 heavy (non-hydrogen) atoms. The quantitative estimate of drug-likeness (QED) is 0.893. The van der Waals surface area contributed by atoms with Crippen molar-refractivity contribution in [3.8, 4) is 0 Å². The number of halogens is 1. The van der Waals surface area contributed by atoms with Crippen LogP contribution >= 0.6 is 0 Å². The Kier molecular flexibility index (Phi) is 6.06. The standard InChI is InChI=1S/C21H24FN3O2/c1-2-24(19-13-6-4-11-17(19)22)20(26)15-23-21(27)25-14-8-7-10-16-9-3-5-12-18(16)25/h3-6,9,11-13H,2,7-8,10,14-15H2,1H3,(H,23,27). The van der Waals surface area contributed by atoms with E-state index in [9.17, 15) is 14.0 Å². The Labute approximate surface area is 158 Å². The van der Waals surface area contributed by atoms with Crippen LogP contribution in [0.5, 0.6) is 0 Å². The third-order valence-corrected chi connectivity index (χ3v) is 4.76. The lowest BCUT2D eigenvalue weighted by atomic mass is 10.1. The summed E-state index contributed by atoms with van der Waals surface area (Å²) in [4.78, 5) is 28.3. The molecule has 0 saturated heterocycles. The number of anilines is 2. The number of amides is 3. The van der Waals surface area contributed by atoms with Gasteiger partial charge in [0.15, 0.2) is 0 Å². The second-order valence-electron chi connectivity index (χ2n) is 6.49. The van der Waals surface area contributed by atoms with Gasteiger partial charge in [0.25, 0.3) is 0 Å². The number of hydrogen-bond donors (Lipinski definition) is 1. The molecule has 1 N–H and O–H groups in total. The Balaban J connectivity index is 1.68. The van der Waals surface area contributed by atoms with Crippen LogP contribution in [0.25, 0.3) is 0 Å². The van der Waals surface area contributed by atoms with Gasteiger partial charge < -0.3 is 10.2 Å². The van der Waals surface area contributed by atoms with Crippen LogP contribution in [-0.4, -0.2) is 31.6 Å². The first-order valence-corrected chi connectivity index (χ1v) is 9.30. The van der Waals surface area contributed by atoms with Gasteiger partial charge in [0.2, 0.25) is 5.91 Å². The predicted octanol–water partition coefficient (Wildman–Crippen LogP) is 3.73. The summed E-state index contributed by atoms with van der Waals surface area (Å²) in [5.74, 6) is -0.806. The van der Waals surface area contributed by atoms with Crippen LogP contribution in [0.1, 0.15) is 25.3 Å². The minimum absolute atomic E-state index is 0.181. The first-order chi connectivity index (χ1) is 13.1. The summed E-state index contributed by atoms with van der Waals surface area (Å²) < 4.78 is 14.0. The molecule has 0 atom stereocenters. The molecule has 5 nitrogen and oxygen atoms in total. The highest BCUT2D eigenvalue weighted by Gasteiger charge is 2.23. The molecule has 2 aromatic carbocycles. The molecular formula is C21H24FN3O2. The van der Waals surface area contributed by atoms with Crippen molar-refractivity contribution in [2.75, 3.05) is 29.4 Å². The normalized spacial score (nSPS) is 13.5. The van der Waals surface area contributed by atoms with Gasteiger partial charge in [-0.05, 0) is 49.9 Å². The van der Waals surface area contributed by atoms with E-state index < -0.39 is 5.82 Å². The number of aryl methyl sites for hydroxylation is 1. The number of carbonyl (C=O) groups excluding carboxylic acids is 2. The van der Waals surface area contributed by atoms with Gasteiger partial charge in [0, 0.05) is 18.8 Å². The van der Waals surface area contributed by atoms with Gasteiger partial charge in [-0.2, -0.15) is 0 Å². The van der Waals surface area contributed by atoms with Gasteiger partial charge in [-0.15, -0.1) is 0 Å². The molecule has 0 bridgehead atoms. The van der Waals surface area contributed by atoms with Crippen LogP contribution in [0.2, 0.25) is 0 Å². The molecule has 1 heterocycles. The number of para-hydroxylation sites is 2. The van der Waals surface area contributed by atoms with Crippen LogP contribution in [0.4, 0.5) is 20.6 Å². The molecule has 2 aromatic rings. The predicted molar refractivity (Wildman–Crippen MR) is 105 cm³/mol. The molecule has 0 fully saturated rings. The number of urea groups is 1. The zero-order valence-corrected chi connectivity index (χ0v) is 15.5. The summed E-state index contributed by atoms with van der Waals surface area (Å²) in [5, 5.41) is 2.70. The van der Waals surface area contributed by atoms with Crippen molar-refractivity contribution < 1.29 is 14.0 Å². The molecule has 0 aromatic heterocycles. The molecule has 142 valence electrons. The molecule has 6 heteroatoms. The number of nitrogens with zero attached hydrogens (tertiary/aromatic N) is 2. The average molecular weight is 369 g/mol. The topological polar surface area (TPSA) is 52.7 Å². The fraction of sp³-hybridized carbons (Fsp3) is 0.333. The van der Waals surface area contributed by atoms with E-state index in [1.165, 1.54) is 11.0 Å². The molecule has 0 aliphatic carbocycles. The van der Waals surface area contributed by atoms with Gasteiger partial charge in [0.1, 0.15) is 5.82 Å². The van der Waals surface area contributed by atoms with Crippen LogP contribution in [0.15, 0.2) is 48.5 Å². The van der Waals surface area contributed by atoms with Crippen LogP contribution < -0.4 is 15.1 Å². The van der Waals surface area contributed by atoms with Gasteiger partial charge in [-0.3, -0.25) is 9.69 Å². The van der Waals surface area contributed by atoms with E-state index in [1.807, 2.05) is 24.3 Å². The van der Waals surface area contributed by atoms with Crippen molar-refractivity contribution in [1.82, 2.24) is 5.32 Å². The second kappa shape index (κ2) is 8.66. The summed E-state index contributed by atoms with van der Waals surface area (Å²) >= 11 is 0. The highest BCUT2D eigenvalue weighted by atomic mass is 19.1. The highest BCUT2D eigenvalue weighted by Crippen LogP contribution is 2.26. The Morgan fingerprint density at radius 1 is 1.11 bits per heavy atom. The van der Waals surface area contributed by atoms with Crippen LogP contribution in [-0.2, 0) is 11.2 Å². The van der Waals surface area contributed by atoms with Crippen molar-refractivity contribution in [2.45, 2.75) is 26.2 Å². The lowest BCUT2D eigenvalue weighted by Gasteiger charge is -2.25. The molecule has 1 aliphatic heterocycles. The first-order valence-electron chi connectivity index (χ1n) is 9.30. The Hall–Kier alpha value is -2.89. The maximum absolute atomic E-state index is 14.0. The largest absolute Gasteiger partial charge is 0.329 e. The van der Waals surface area contributed by atoms with E-state index in [0.29, 0.717) is 13.1 Å². The molecule has 0 radical (unpaired) electrons. The molecule has 0 saturated carbocycles. The van der Waals surface area contributed by atoms with Gasteiger partial charge in [0.05, 0.1) is 12.2 Å². The van der Waals surface area contributed by atoms with Crippen molar-refractivity contribution in [3.63, 3.8) is 0 Å². The number of rotatable bonds is 4. The molecule has 0 spiro atoms. The third-order valence-electron chi connectivity index (χ3n) is 4.76. The summed E-state index contributed by atoms with van der Waals surface area (Å²) in [6.07, 6.45) is 2.87. The summed E-state index contributed by atoms with van der Waals surface area (Å²) in [6.45, 7) is 2.53. The summed E-state index contributed by atoms with van der Waals surface area (Å²) in [5.41, 5.74) is 2.25. The smallest absolute Gasteiger partial charge is 0.322 e. The van der Waals surface area contributed by atoms with E-state index in [1.54, 1.807) is 30.0 Å².